The molecule has 3 nitrogen and oxygen atoms in total. The van der Waals surface area contributed by atoms with Crippen LogP contribution in [0.1, 0.15) is 13.3 Å². The van der Waals surface area contributed by atoms with Gasteiger partial charge in [0, 0.05) is 5.69 Å². The van der Waals surface area contributed by atoms with Crippen LogP contribution in [0.4, 0.5) is 5.69 Å². The maximum atomic E-state index is 5.80. The lowest BCUT2D eigenvalue weighted by molar-refractivity contribution is 0.317. The number of nitrogens with two attached hydrogens (primary N) is 1. The average molecular weight is 369 g/mol. The van der Waals surface area contributed by atoms with E-state index < -0.39 is 0 Å². The Balaban J connectivity index is 2.06. The average Bonchev–Trinajstić information content (AvgIpc) is 2.41. The second kappa shape index (κ2) is 6.65. The topological polar surface area (TPSA) is 44.5 Å². The van der Waals surface area contributed by atoms with Crippen molar-refractivity contribution in [3.63, 3.8) is 0 Å². The van der Waals surface area contributed by atoms with Crippen molar-refractivity contribution in [1.29, 1.82) is 0 Å². The number of hydrogen-bond donors (Lipinski definition) is 1. The van der Waals surface area contributed by atoms with E-state index in [1.165, 1.54) is 0 Å². The Hall–Kier alpha value is -1.43. The third kappa shape index (κ3) is 4.02. The standard InChI is InChI=1S/C15H16INO2/c1-2-9-18-12-4-6-13(7-5-12)19-15-8-3-11(17)10-14(15)16/h3-8,10H,2,9,17H2,1H3. The van der Waals surface area contributed by atoms with Crippen molar-refractivity contribution in [3.8, 4) is 17.2 Å². The van der Waals surface area contributed by atoms with E-state index in [4.69, 9.17) is 15.2 Å². The summed E-state index contributed by atoms with van der Waals surface area (Å²) < 4.78 is 12.3. The first kappa shape index (κ1) is 14.0. The Morgan fingerprint density at radius 2 is 1.74 bits per heavy atom. The van der Waals surface area contributed by atoms with Gasteiger partial charge in [-0.05, 0) is 71.5 Å². The fraction of sp³-hybridized carbons (Fsp3) is 0.200. The largest absolute Gasteiger partial charge is 0.494 e. The summed E-state index contributed by atoms with van der Waals surface area (Å²) in [4.78, 5) is 0. The predicted molar refractivity (Wildman–Crippen MR) is 85.9 cm³/mol. The van der Waals surface area contributed by atoms with Gasteiger partial charge in [0.25, 0.3) is 0 Å². The number of halogens is 1. The van der Waals surface area contributed by atoms with E-state index in [2.05, 4.69) is 29.5 Å². The number of hydrogen-bond acceptors (Lipinski definition) is 3. The van der Waals surface area contributed by atoms with Crippen LogP contribution >= 0.6 is 22.6 Å². The normalized spacial score (nSPS) is 10.2. The van der Waals surface area contributed by atoms with E-state index in [-0.39, 0.29) is 0 Å². The lowest BCUT2D eigenvalue weighted by Gasteiger charge is -2.09. The van der Waals surface area contributed by atoms with Crippen molar-refractivity contribution in [1.82, 2.24) is 0 Å². The first-order valence-electron chi connectivity index (χ1n) is 6.15. The van der Waals surface area contributed by atoms with E-state index in [9.17, 15) is 0 Å². The summed E-state index contributed by atoms with van der Waals surface area (Å²) in [5.41, 5.74) is 6.45. The molecule has 0 amide bonds. The fourth-order valence-corrected chi connectivity index (χ4v) is 2.20. The van der Waals surface area contributed by atoms with Gasteiger partial charge < -0.3 is 15.2 Å². The Bertz CT molecular complexity index is 540. The summed E-state index contributed by atoms with van der Waals surface area (Å²) in [6.07, 6.45) is 1.00. The van der Waals surface area contributed by atoms with Gasteiger partial charge in [0.15, 0.2) is 0 Å². The van der Waals surface area contributed by atoms with Crippen LogP contribution in [0.3, 0.4) is 0 Å². The van der Waals surface area contributed by atoms with Gasteiger partial charge in [-0.1, -0.05) is 6.92 Å². The van der Waals surface area contributed by atoms with Gasteiger partial charge in [0.1, 0.15) is 17.2 Å². The molecule has 0 aliphatic carbocycles. The lowest BCUT2D eigenvalue weighted by atomic mass is 10.3. The highest BCUT2D eigenvalue weighted by Crippen LogP contribution is 2.29. The number of benzene rings is 2. The Morgan fingerprint density at radius 3 is 2.37 bits per heavy atom. The van der Waals surface area contributed by atoms with Crippen molar-refractivity contribution in [2.45, 2.75) is 13.3 Å². The van der Waals surface area contributed by atoms with E-state index in [1.54, 1.807) is 0 Å². The maximum Gasteiger partial charge on any atom is 0.140 e. The molecule has 0 saturated carbocycles. The van der Waals surface area contributed by atoms with Gasteiger partial charge in [0.2, 0.25) is 0 Å². The molecule has 0 aliphatic heterocycles. The van der Waals surface area contributed by atoms with E-state index in [1.807, 2.05) is 42.5 Å². The molecule has 2 aromatic rings. The molecule has 2 rings (SSSR count). The highest BCUT2D eigenvalue weighted by molar-refractivity contribution is 14.1. The summed E-state index contributed by atoms with van der Waals surface area (Å²) in [5.74, 6) is 2.45. The van der Waals surface area contributed by atoms with E-state index in [0.29, 0.717) is 0 Å². The SMILES string of the molecule is CCCOc1ccc(Oc2ccc(N)cc2I)cc1. The molecule has 0 fully saturated rings. The molecule has 2 aromatic carbocycles. The third-order valence-corrected chi connectivity index (χ3v) is 3.32. The second-order valence-electron chi connectivity index (χ2n) is 4.11. The van der Waals surface area contributed by atoms with Crippen molar-refractivity contribution in [2.75, 3.05) is 12.3 Å². The molecule has 4 heteroatoms. The molecule has 0 saturated heterocycles. The molecule has 0 aromatic heterocycles. The van der Waals surface area contributed by atoms with Crippen LogP contribution in [-0.2, 0) is 0 Å². The molecule has 0 bridgehead atoms. The lowest BCUT2D eigenvalue weighted by Crippen LogP contribution is -1.95. The zero-order chi connectivity index (χ0) is 13.7. The molecule has 2 N–H and O–H groups in total. The van der Waals surface area contributed by atoms with Crippen LogP contribution in [0.5, 0.6) is 17.2 Å². The fourth-order valence-electron chi connectivity index (χ4n) is 1.55. The minimum absolute atomic E-state index is 0.732. The van der Waals surface area contributed by atoms with Crippen molar-refractivity contribution >= 4 is 28.3 Å². The molecule has 19 heavy (non-hydrogen) atoms. The van der Waals surface area contributed by atoms with Crippen molar-refractivity contribution < 1.29 is 9.47 Å². The first-order valence-corrected chi connectivity index (χ1v) is 7.22. The number of anilines is 1. The summed E-state index contributed by atoms with van der Waals surface area (Å²) in [6, 6.07) is 13.2. The van der Waals surface area contributed by atoms with Crippen LogP contribution in [0.15, 0.2) is 42.5 Å². The van der Waals surface area contributed by atoms with Crippen LogP contribution in [-0.4, -0.2) is 6.61 Å². The Labute approximate surface area is 126 Å². The van der Waals surface area contributed by atoms with Gasteiger partial charge in [-0.15, -0.1) is 0 Å². The number of ether oxygens (including phenoxy) is 2. The summed E-state index contributed by atoms with van der Waals surface area (Å²) in [6.45, 7) is 2.82. The van der Waals surface area contributed by atoms with Crippen LogP contribution < -0.4 is 15.2 Å². The molecule has 0 radical (unpaired) electrons. The molecule has 0 unspecified atom stereocenters. The van der Waals surface area contributed by atoms with E-state index >= 15 is 0 Å². The highest BCUT2D eigenvalue weighted by atomic mass is 127. The minimum Gasteiger partial charge on any atom is -0.494 e. The van der Waals surface area contributed by atoms with E-state index in [0.717, 1.165) is 39.5 Å². The molecular formula is C15H16INO2. The quantitative estimate of drug-likeness (QED) is 0.626. The number of nitrogen functional groups attached to an aromatic ring is 1. The monoisotopic (exact) mass is 369 g/mol. The number of rotatable bonds is 5. The molecule has 100 valence electrons. The molecule has 0 heterocycles. The summed E-state index contributed by atoms with van der Waals surface area (Å²) in [7, 11) is 0. The molecule has 0 atom stereocenters. The predicted octanol–water partition coefficient (Wildman–Crippen LogP) is 4.45. The van der Waals surface area contributed by atoms with Crippen molar-refractivity contribution in [3.05, 3.63) is 46.0 Å². The zero-order valence-corrected chi connectivity index (χ0v) is 12.9. The summed E-state index contributed by atoms with van der Waals surface area (Å²) in [5, 5.41) is 0. The first-order chi connectivity index (χ1) is 9.19. The van der Waals surface area contributed by atoms with Gasteiger partial charge in [0.05, 0.1) is 10.2 Å². The van der Waals surface area contributed by atoms with Gasteiger partial charge in [-0.25, -0.2) is 0 Å². The Kier molecular flexibility index (Phi) is 4.90. The van der Waals surface area contributed by atoms with Crippen LogP contribution in [0, 0.1) is 3.57 Å². The van der Waals surface area contributed by atoms with Gasteiger partial charge in [-0.2, -0.15) is 0 Å². The van der Waals surface area contributed by atoms with Gasteiger partial charge >= 0.3 is 0 Å². The Morgan fingerprint density at radius 1 is 1.05 bits per heavy atom. The van der Waals surface area contributed by atoms with Crippen LogP contribution in [0.2, 0.25) is 0 Å². The zero-order valence-electron chi connectivity index (χ0n) is 10.7. The molecule has 0 spiro atoms. The minimum atomic E-state index is 0.732. The smallest absolute Gasteiger partial charge is 0.140 e. The van der Waals surface area contributed by atoms with Crippen LogP contribution in [0.25, 0.3) is 0 Å². The third-order valence-electron chi connectivity index (χ3n) is 2.48. The summed E-state index contributed by atoms with van der Waals surface area (Å²) >= 11 is 2.21. The van der Waals surface area contributed by atoms with Gasteiger partial charge in [-0.3, -0.25) is 0 Å². The maximum absolute atomic E-state index is 5.80. The highest BCUT2D eigenvalue weighted by Gasteiger charge is 2.03. The molecular weight excluding hydrogens is 353 g/mol. The van der Waals surface area contributed by atoms with Crippen molar-refractivity contribution in [2.24, 2.45) is 0 Å². The molecule has 0 aliphatic rings. The second-order valence-corrected chi connectivity index (χ2v) is 5.27.